The molecule has 0 bridgehead atoms. The van der Waals surface area contributed by atoms with E-state index in [1.54, 1.807) is 0 Å². The van der Waals surface area contributed by atoms with Crippen molar-refractivity contribution >= 4 is 0 Å². The number of hydrogen-bond acceptors (Lipinski definition) is 2. The van der Waals surface area contributed by atoms with Crippen molar-refractivity contribution in [3.8, 4) is 0 Å². The van der Waals surface area contributed by atoms with Gasteiger partial charge in [-0.05, 0) is 24.0 Å². The number of aliphatic hydroxyl groups is 2. The average Bonchev–Trinajstić information content (AvgIpc) is 2.46. The standard InChI is InChI=1S/C11H14O2/c12-8-7-11(13)6-5-9-3-1-2-4-10(9)11/h1-4,12-13H,5-8H2/t11-/m0/s1. The molecule has 2 rings (SSSR count). The van der Waals surface area contributed by atoms with Crippen molar-refractivity contribution in [1.29, 1.82) is 0 Å². The van der Waals surface area contributed by atoms with Gasteiger partial charge in [-0.1, -0.05) is 24.3 Å². The number of benzene rings is 1. The zero-order chi connectivity index (χ0) is 9.31. The predicted molar refractivity (Wildman–Crippen MR) is 50.4 cm³/mol. The normalized spacial score (nSPS) is 26.0. The molecule has 0 aromatic heterocycles. The Labute approximate surface area is 77.8 Å². The van der Waals surface area contributed by atoms with Gasteiger partial charge in [-0.3, -0.25) is 0 Å². The first kappa shape index (κ1) is 8.73. The molecular formula is C11H14O2. The first-order valence-electron chi connectivity index (χ1n) is 4.68. The van der Waals surface area contributed by atoms with Gasteiger partial charge in [-0.2, -0.15) is 0 Å². The summed E-state index contributed by atoms with van der Waals surface area (Å²) in [4.78, 5) is 0. The molecule has 0 aliphatic heterocycles. The summed E-state index contributed by atoms with van der Waals surface area (Å²) >= 11 is 0. The number of rotatable bonds is 2. The van der Waals surface area contributed by atoms with Crippen LogP contribution in [0.2, 0.25) is 0 Å². The van der Waals surface area contributed by atoms with E-state index in [2.05, 4.69) is 0 Å². The number of aliphatic hydroxyl groups excluding tert-OH is 1. The van der Waals surface area contributed by atoms with Crippen molar-refractivity contribution in [1.82, 2.24) is 0 Å². The fraction of sp³-hybridized carbons (Fsp3) is 0.455. The molecular weight excluding hydrogens is 164 g/mol. The molecule has 70 valence electrons. The maximum Gasteiger partial charge on any atom is 0.0924 e. The maximum absolute atomic E-state index is 10.2. The fourth-order valence-corrected chi connectivity index (χ4v) is 2.11. The molecule has 0 amide bonds. The Kier molecular flexibility index (Phi) is 2.10. The van der Waals surface area contributed by atoms with Crippen molar-refractivity contribution < 1.29 is 10.2 Å². The van der Waals surface area contributed by atoms with Gasteiger partial charge < -0.3 is 10.2 Å². The highest BCUT2D eigenvalue weighted by atomic mass is 16.3. The van der Waals surface area contributed by atoms with E-state index in [0.717, 1.165) is 18.4 Å². The molecule has 0 saturated carbocycles. The lowest BCUT2D eigenvalue weighted by Gasteiger charge is -2.22. The molecule has 2 nitrogen and oxygen atoms in total. The van der Waals surface area contributed by atoms with E-state index in [4.69, 9.17) is 5.11 Å². The molecule has 1 aromatic rings. The first-order valence-corrected chi connectivity index (χ1v) is 4.68. The van der Waals surface area contributed by atoms with Gasteiger partial charge in [-0.15, -0.1) is 0 Å². The molecule has 1 aliphatic rings. The van der Waals surface area contributed by atoms with Crippen LogP contribution in [0.3, 0.4) is 0 Å². The average molecular weight is 178 g/mol. The summed E-state index contributed by atoms with van der Waals surface area (Å²) in [6.07, 6.45) is 2.11. The lowest BCUT2D eigenvalue weighted by molar-refractivity contribution is 0.0134. The van der Waals surface area contributed by atoms with Crippen LogP contribution in [-0.2, 0) is 12.0 Å². The molecule has 0 fully saturated rings. The highest BCUT2D eigenvalue weighted by molar-refractivity contribution is 5.36. The van der Waals surface area contributed by atoms with Crippen molar-refractivity contribution in [3.05, 3.63) is 35.4 Å². The second-order valence-corrected chi connectivity index (χ2v) is 3.66. The van der Waals surface area contributed by atoms with E-state index < -0.39 is 5.60 Å². The van der Waals surface area contributed by atoms with E-state index >= 15 is 0 Å². The van der Waals surface area contributed by atoms with Gasteiger partial charge >= 0.3 is 0 Å². The second-order valence-electron chi connectivity index (χ2n) is 3.66. The van der Waals surface area contributed by atoms with E-state index in [1.165, 1.54) is 5.56 Å². The lowest BCUT2D eigenvalue weighted by atomic mass is 9.93. The Morgan fingerprint density at radius 1 is 1.31 bits per heavy atom. The van der Waals surface area contributed by atoms with Crippen LogP contribution in [0.15, 0.2) is 24.3 Å². The van der Waals surface area contributed by atoms with Crippen LogP contribution >= 0.6 is 0 Å². The summed E-state index contributed by atoms with van der Waals surface area (Å²) in [6, 6.07) is 7.93. The van der Waals surface area contributed by atoms with Crippen molar-refractivity contribution in [3.63, 3.8) is 0 Å². The zero-order valence-corrected chi connectivity index (χ0v) is 7.53. The van der Waals surface area contributed by atoms with E-state index in [1.807, 2.05) is 24.3 Å². The minimum atomic E-state index is -0.772. The van der Waals surface area contributed by atoms with Crippen molar-refractivity contribution in [2.24, 2.45) is 0 Å². The van der Waals surface area contributed by atoms with Gasteiger partial charge in [0.25, 0.3) is 0 Å². The highest BCUT2D eigenvalue weighted by Crippen LogP contribution is 2.38. The van der Waals surface area contributed by atoms with Crippen LogP contribution in [0.5, 0.6) is 0 Å². The Hall–Kier alpha value is -0.860. The van der Waals surface area contributed by atoms with Gasteiger partial charge in [0.05, 0.1) is 5.60 Å². The molecule has 13 heavy (non-hydrogen) atoms. The van der Waals surface area contributed by atoms with Crippen LogP contribution in [0.4, 0.5) is 0 Å². The topological polar surface area (TPSA) is 40.5 Å². The highest BCUT2D eigenvalue weighted by Gasteiger charge is 2.35. The monoisotopic (exact) mass is 178 g/mol. The quantitative estimate of drug-likeness (QED) is 0.714. The summed E-state index contributed by atoms with van der Waals surface area (Å²) in [5, 5.41) is 19.0. The summed E-state index contributed by atoms with van der Waals surface area (Å²) in [6.45, 7) is 0.0465. The lowest BCUT2D eigenvalue weighted by Crippen LogP contribution is -2.23. The van der Waals surface area contributed by atoms with E-state index in [-0.39, 0.29) is 6.61 Å². The SMILES string of the molecule is OCC[C@@]1(O)CCc2ccccc21. The number of fused-ring (bicyclic) bond motifs is 1. The van der Waals surface area contributed by atoms with Crippen molar-refractivity contribution in [2.45, 2.75) is 24.9 Å². The molecule has 2 heteroatoms. The molecule has 1 atom stereocenters. The molecule has 0 radical (unpaired) electrons. The summed E-state index contributed by atoms with van der Waals surface area (Å²) < 4.78 is 0. The Morgan fingerprint density at radius 2 is 2.08 bits per heavy atom. The zero-order valence-electron chi connectivity index (χ0n) is 7.53. The van der Waals surface area contributed by atoms with Crippen LogP contribution < -0.4 is 0 Å². The van der Waals surface area contributed by atoms with Gasteiger partial charge in [0.2, 0.25) is 0 Å². The van der Waals surface area contributed by atoms with Gasteiger partial charge in [0, 0.05) is 13.0 Å². The molecule has 0 unspecified atom stereocenters. The maximum atomic E-state index is 10.2. The minimum absolute atomic E-state index is 0.0465. The smallest absolute Gasteiger partial charge is 0.0924 e. The molecule has 1 aliphatic carbocycles. The second kappa shape index (κ2) is 3.13. The van der Waals surface area contributed by atoms with Crippen molar-refractivity contribution in [2.75, 3.05) is 6.61 Å². The number of aryl methyl sites for hydroxylation is 1. The molecule has 0 saturated heterocycles. The van der Waals surface area contributed by atoms with Gasteiger partial charge in [0.15, 0.2) is 0 Å². The third-order valence-corrected chi connectivity index (χ3v) is 2.85. The predicted octanol–water partition coefficient (Wildman–Crippen LogP) is 1.20. The summed E-state index contributed by atoms with van der Waals surface area (Å²) in [7, 11) is 0. The summed E-state index contributed by atoms with van der Waals surface area (Å²) in [5.74, 6) is 0. The van der Waals surface area contributed by atoms with Gasteiger partial charge in [0.1, 0.15) is 0 Å². The number of hydrogen-bond donors (Lipinski definition) is 2. The van der Waals surface area contributed by atoms with Crippen LogP contribution in [-0.4, -0.2) is 16.8 Å². The Balaban J connectivity index is 2.37. The first-order chi connectivity index (χ1) is 6.26. The van der Waals surface area contributed by atoms with Gasteiger partial charge in [-0.25, -0.2) is 0 Å². The third kappa shape index (κ3) is 1.36. The fourth-order valence-electron chi connectivity index (χ4n) is 2.11. The van der Waals surface area contributed by atoms with Crippen LogP contribution in [0.25, 0.3) is 0 Å². The van der Waals surface area contributed by atoms with Crippen LogP contribution in [0.1, 0.15) is 24.0 Å². The van der Waals surface area contributed by atoms with Crippen LogP contribution in [0, 0.1) is 0 Å². The van der Waals surface area contributed by atoms with E-state index in [0.29, 0.717) is 6.42 Å². The molecule has 0 heterocycles. The third-order valence-electron chi connectivity index (χ3n) is 2.85. The molecule has 0 spiro atoms. The Bertz CT molecular complexity index is 305. The summed E-state index contributed by atoms with van der Waals surface area (Å²) in [5.41, 5.74) is 1.45. The Morgan fingerprint density at radius 3 is 2.85 bits per heavy atom. The molecule has 1 aromatic carbocycles. The molecule has 2 N–H and O–H groups in total. The minimum Gasteiger partial charge on any atom is -0.396 e. The van der Waals surface area contributed by atoms with E-state index in [9.17, 15) is 5.11 Å². The largest absolute Gasteiger partial charge is 0.396 e.